The second kappa shape index (κ2) is 11.3. The number of ether oxygens (including phenoxy) is 3. The maximum atomic E-state index is 12.5. The number of benzene rings is 3. The largest absolute Gasteiger partial charge is 0.490 e. The molecule has 0 unspecified atom stereocenters. The van der Waals surface area contributed by atoms with Gasteiger partial charge >= 0.3 is 5.97 Å². The van der Waals surface area contributed by atoms with Crippen molar-refractivity contribution < 1.29 is 19.0 Å². The van der Waals surface area contributed by atoms with E-state index in [0.29, 0.717) is 40.3 Å². The summed E-state index contributed by atoms with van der Waals surface area (Å²) in [4.78, 5) is 16.8. The summed E-state index contributed by atoms with van der Waals surface area (Å²) in [6, 6.07) is 16.7. The first-order chi connectivity index (χ1) is 16.4. The molecule has 0 atom stereocenters. The lowest BCUT2D eigenvalue weighted by atomic mass is 10.1. The number of hydrogen-bond acceptors (Lipinski definition) is 5. The van der Waals surface area contributed by atoms with Crippen LogP contribution >= 0.6 is 68.4 Å². The Morgan fingerprint density at radius 2 is 1.82 bits per heavy atom. The highest BCUT2D eigenvalue weighted by Crippen LogP contribution is 2.36. The molecule has 174 valence electrons. The van der Waals surface area contributed by atoms with E-state index >= 15 is 0 Å². The van der Waals surface area contributed by atoms with E-state index in [1.54, 1.807) is 24.3 Å². The molecule has 0 saturated heterocycles. The van der Waals surface area contributed by atoms with Crippen LogP contribution in [0.5, 0.6) is 11.5 Å². The van der Waals surface area contributed by atoms with Crippen molar-refractivity contribution in [2.75, 3.05) is 6.61 Å². The maximum Gasteiger partial charge on any atom is 0.363 e. The number of halogens is 4. The summed E-state index contributed by atoms with van der Waals surface area (Å²) in [5.74, 6) is 0.807. The average molecular weight is 720 g/mol. The van der Waals surface area contributed by atoms with Crippen molar-refractivity contribution in [3.63, 3.8) is 0 Å². The van der Waals surface area contributed by atoms with Crippen LogP contribution in [0.2, 0.25) is 10.0 Å². The monoisotopic (exact) mass is 719 g/mol. The Labute approximate surface area is 234 Å². The third kappa shape index (κ3) is 5.87. The maximum absolute atomic E-state index is 12.5. The minimum absolute atomic E-state index is 0.134. The van der Waals surface area contributed by atoms with Crippen LogP contribution in [0.4, 0.5) is 0 Å². The van der Waals surface area contributed by atoms with Gasteiger partial charge in [0.1, 0.15) is 6.61 Å². The molecule has 1 heterocycles. The Kier molecular flexibility index (Phi) is 8.39. The normalized spacial score (nSPS) is 14.2. The van der Waals surface area contributed by atoms with E-state index < -0.39 is 5.97 Å². The molecule has 3 aromatic rings. The number of cyclic esters (lactones) is 1. The SMILES string of the molecule is CCOc1cc(/C=C2\N=C(c3ccc(Cl)cc3Cl)OC2=O)cc(I)c1OCc1ccccc1I. The topological polar surface area (TPSA) is 57.1 Å². The first-order valence-corrected chi connectivity index (χ1v) is 13.1. The zero-order valence-corrected chi connectivity index (χ0v) is 23.6. The first-order valence-electron chi connectivity index (χ1n) is 10.2. The fourth-order valence-corrected chi connectivity index (χ4v) is 5.00. The van der Waals surface area contributed by atoms with Gasteiger partial charge in [-0.25, -0.2) is 9.79 Å². The van der Waals surface area contributed by atoms with Gasteiger partial charge in [0.2, 0.25) is 5.90 Å². The predicted molar refractivity (Wildman–Crippen MR) is 151 cm³/mol. The van der Waals surface area contributed by atoms with Gasteiger partial charge in [-0.2, -0.15) is 0 Å². The Hall–Kier alpha value is -1.82. The first kappa shape index (κ1) is 25.3. The van der Waals surface area contributed by atoms with Crippen molar-refractivity contribution >= 4 is 86.3 Å². The molecule has 5 nitrogen and oxygen atoms in total. The van der Waals surface area contributed by atoms with Crippen LogP contribution in [0, 0.1) is 7.14 Å². The molecule has 34 heavy (non-hydrogen) atoms. The van der Waals surface area contributed by atoms with Crippen LogP contribution < -0.4 is 9.47 Å². The third-order valence-corrected chi connectivity index (χ3v) is 7.15. The summed E-state index contributed by atoms with van der Waals surface area (Å²) in [5.41, 5.74) is 2.47. The van der Waals surface area contributed by atoms with E-state index in [2.05, 4.69) is 50.2 Å². The van der Waals surface area contributed by atoms with Crippen molar-refractivity contribution in [1.29, 1.82) is 0 Å². The van der Waals surface area contributed by atoms with Crippen LogP contribution in [0.1, 0.15) is 23.6 Å². The van der Waals surface area contributed by atoms with Gasteiger partial charge in [-0.05, 0) is 100 Å². The summed E-state index contributed by atoms with van der Waals surface area (Å²) in [7, 11) is 0. The zero-order valence-electron chi connectivity index (χ0n) is 17.8. The number of nitrogens with zero attached hydrogens (tertiary/aromatic N) is 1. The quantitative estimate of drug-likeness (QED) is 0.144. The van der Waals surface area contributed by atoms with Crippen molar-refractivity contribution in [3.8, 4) is 11.5 Å². The molecule has 9 heteroatoms. The van der Waals surface area contributed by atoms with Crippen molar-refractivity contribution in [3.05, 3.63) is 94.2 Å². The molecule has 1 aliphatic rings. The van der Waals surface area contributed by atoms with Gasteiger partial charge < -0.3 is 14.2 Å². The molecule has 0 aromatic heterocycles. The molecule has 0 aliphatic carbocycles. The van der Waals surface area contributed by atoms with E-state index in [1.165, 1.54) is 0 Å². The smallest absolute Gasteiger partial charge is 0.363 e. The number of carbonyl (C=O) groups excluding carboxylic acids is 1. The Bertz CT molecular complexity index is 1320. The standard InChI is InChI=1S/C25H17Cl2I2NO4/c1-2-32-22-11-14(9-20(29)23(22)33-13-15-5-3-4-6-19(15)28)10-21-25(31)34-24(30-21)17-8-7-16(26)12-18(17)27/h3-12H,2,13H2,1H3/b21-10-. The highest BCUT2D eigenvalue weighted by molar-refractivity contribution is 14.1. The second-order valence-corrected chi connectivity index (χ2v) is 10.3. The Balaban J connectivity index is 1.63. The van der Waals surface area contributed by atoms with Crippen LogP contribution in [-0.4, -0.2) is 18.5 Å². The van der Waals surface area contributed by atoms with Crippen LogP contribution in [-0.2, 0) is 16.1 Å². The summed E-state index contributed by atoms with van der Waals surface area (Å²) >= 11 is 16.7. The molecule has 0 N–H and O–H groups in total. The van der Waals surface area contributed by atoms with Crippen molar-refractivity contribution in [1.82, 2.24) is 0 Å². The van der Waals surface area contributed by atoms with Crippen LogP contribution in [0.3, 0.4) is 0 Å². The fourth-order valence-electron chi connectivity index (χ4n) is 3.18. The van der Waals surface area contributed by atoms with E-state index in [-0.39, 0.29) is 11.6 Å². The molecule has 1 aliphatic heterocycles. The summed E-state index contributed by atoms with van der Waals surface area (Å²) < 4.78 is 19.3. The molecule has 0 radical (unpaired) electrons. The Morgan fingerprint density at radius 1 is 1.03 bits per heavy atom. The summed E-state index contributed by atoms with van der Waals surface area (Å²) in [5, 5.41) is 0.833. The lowest BCUT2D eigenvalue weighted by Gasteiger charge is -2.15. The van der Waals surface area contributed by atoms with E-state index in [1.807, 2.05) is 43.3 Å². The fraction of sp³-hybridized carbons (Fsp3) is 0.120. The molecule has 0 amide bonds. The van der Waals surface area contributed by atoms with E-state index in [4.69, 9.17) is 37.4 Å². The lowest BCUT2D eigenvalue weighted by Crippen LogP contribution is -2.06. The minimum Gasteiger partial charge on any atom is -0.490 e. The number of hydrogen-bond donors (Lipinski definition) is 0. The van der Waals surface area contributed by atoms with E-state index in [9.17, 15) is 4.79 Å². The van der Waals surface area contributed by atoms with Crippen LogP contribution in [0.15, 0.2) is 65.3 Å². The third-order valence-electron chi connectivity index (χ3n) is 4.75. The second-order valence-electron chi connectivity index (χ2n) is 7.10. The number of carbonyl (C=O) groups is 1. The molecule has 0 fully saturated rings. The predicted octanol–water partition coefficient (Wildman–Crippen LogP) is 7.52. The van der Waals surface area contributed by atoms with E-state index in [0.717, 1.165) is 18.3 Å². The molecule has 0 bridgehead atoms. The molecular formula is C25H17Cl2I2NO4. The number of aliphatic imine (C=N–C) groups is 1. The van der Waals surface area contributed by atoms with Gasteiger partial charge in [0.25, 0.3) is 0 Å². The summed E-state index contributed by atoms with van der Waals surface area (Å²) in [6.07, 6.45) is 1.65. The summed E-state index contributed by atoms with van der Waals surface area (Å²) in [6.45, 7) is 2.79. The highest BCUT2D eigenvalue weighted by Gasteiger charge is 2.26. The average Bonchev–Trinajstić information content (AvgIpc) is 3.14. The molecular weight excluding hydrogens is 703 g/mol. The van der Waals surface area contributed by atoms with Crippen molar-refractivity contribution in [2.24, 2.45) is 4.99 Å². The molecule has 0 spiro atoms. The lowest BCUT2D eigenvalue weighted by molar-refractivity contribution is -0.129. The highest BCUT2D eigenvalue weighted by atomic mass is 127. The van der Waals surface area contributed by atoms with Gasteiger partial charge in [0.05, 0.1) is 20.8 Å². The molecule has 4 rings (SSSR count). The molecule has 0 saturated carbocycles. The van der Waals surface area contributed by atoms with Gasteiger partial charge in [-0.3, -0.25) is 0 Å². The Morgan fingerprint density at radius 3 is 2.56 bits per heavy atom. The zero-order chi connectivity index (χ0) is 24.2. The molecule has 3 aromatic carbocycles. The van der Waals surface area contributed by atoms with Gasteiger partial charge in [0.15, 0.2) is 17.2 Å². The minimum atomic E-state index is -0.562. The number of esters is 1. The van der Waals surface area contributed by atoms with Gasteiger partial charge in [-0.1, -0.05) is 41.4 Å². The van der Waals surface area contributed by atoms with Crippen LogP contribution in [0.25, 0.3) is 6.08 Å². The van der Waals surface area contributed by atoms with Gasteiger partial charge in [0, 0.05) is 14.2 Å². The number of rotatable bonds is 7. The van der Waals surface area contributed by atoms with Crippen molar-refractivity contribution in [2.45, 2.75) is 13.5 Å². The van der Waals surface area contributed by atoms with Gasteiger partial charge in [-0.15, -0.1) is 0 Å².